The molecule has 1 aromatic heterocycles. The van der Waals surface area contributed by atoms with Crippen LogP contribution in [-0.2, 0) is 0 Å². The van der Waals surface area contributed by atoms with Gasteiger partial charge in [0.2, 0.25) is 5.13 Å². The Bertz CT molecular complexity index is 869. The van der Waals surface area contributed by atoms with E-state index in [9.17, 15) is 9.18 Å². The number of carbonyl (C=O) groups is 1. The minimum Gasteiger partial charge on any atom is -0.496 e. The molecule has 3 rings (SSSR count). The summed E-state index contributed by atoms with van der Waals surface area (Å²) < 4.78 is 18.8. The van der Waals surface area contributed by atoms with Crippen molar-refractivity contribution in [3.63, 3.8) is 0 Å². The molecule has 0 unspecified atom stereocenters. The maximum atomic E-state index is 13.5. The van der Waals surface area contributed by atoms with Crippen molar-refractivity contribution in [1.29, 1.82) is 0 Å². The van der Waals surface area contributed by atoms with Crippen molar-refractivity contribution in [1.82, 2.24) is 10.2 Å². The van der Waals surface area contributed by atoms with Crippen molar-refractivity contribution in [2.75, 3.05) is 17.7 Å². The number of benzene rings is 2. The Kier molecular flexibility index (Phi) is 4.66. The fourth-order valence-corrected chi connectivity index (χ4v) is 2.79. The van der Waals surface area contributed by atoms with E-state index in [1.54, 1.807) is 19.2 Å². The third kappa shape index (κ3) is 3.49. The van der Waals surface area contributed by atoms with Crippen molar-refractivity contribution >= 4 is 28.2 Å². The third-order valence-electron chi connectivity index (χ3n) is 3.10. The number of carbonyl (C=O) groups excluding carboxylic acids is 1. The molecular weight excluding hydrogens is 331 g/mol. The van der Waals surface area contributed by atoms with Gasteiger partial charge < -0.3 is 10.1 Å². The molecule has 3 aromatic rings. The molecule has 0 aliphatic heterocycles. The molecule has 0 aliphatic carbocycles. The second-order valence-corrected chi connectivity index (χ2v) is 5.65. The van der Waals surface area contributed by atoms with E-state index in [0.29, 0.717) is 15.9 Å². The van der Waals surface area contributed by atoms with Gasteiger partial charge in [-0.2, -0.15) is 0 Å². The number of anilines is 2. The fourth-order valence-electron chi connectivity index (χ4n) is 2.02. The number of halogens is 1. The molecule has 8 heteroatoms. The van der Waals surface area contributed by atoms with E-state index in [4.69, 9.17) is 4.74 Å². The van der Waals surface area contributed by atoms with Crippen LogP contribution in [0.15, 0.2) is 48.5 Å². The average Bonchev–Trinajstić information content (AvgIpc) is 3.05. The van der Waals surface area contributed by atoms with Crippen LogP contribution in [0.3, 0.4) is 0 Å². The molecule has 2 N–H and O–H groups in total. The van der Waals surface area contributed by atoms with Crippen molar-refractivity contribution < 1.29 is 13.9 Å². The van der Waals surface area contributed by atoms with Gasteiger partial charge in [0.15, 0.2) is 5.01 Å². The lowest BCUT2D eigenvalue weighted by molar-refractivity contribution is 0.262. The highest BCUT2D eigenvalue weighted by molar-refractivity contribution is 7.18. The van der Waals surface area contributed by atoms with Gasteiger partial charge in [-0.1, -0.05) is 35.6 Å². The third-order valence-corrected chi connectivity index (χ3v) is 3.98. The zero-order valence-corrected chi connectivity index (χ0v) is 13.4. The van der Waals surface area contributed by atoms with Gasteiger partial charge >= 0.3 is 6.03 Å². The maximum Gasteiger partial charge on any atom is 0.325 e. The molecule has 0 aliphatic rings. The van der Waals surface area contributed by atoms with Crippen molar-refractivity contribution in [2.45, 2.75) is 0 Å². The Labute approximate surface area is 141 Å². The molecule has 0 bridgehead atoms. The number of urea groups is 1. The molecule has 0 spiro atoms. The molecule has 0 saturated heterocycles. The summed E-state index contributed by atoms with van der Waals surface area (Å²) in [5, 5.41) is 13.8. The molecule has 2 amide bonds. The van der Waals surface area contributed by atoms with Gasteiger partial charge in [0.1, 0.15) is 11.6 Å². The Morgan fingerprint density at radius 3 is 2.62 bits per heavy atom. The molecule has 1 heterocycles. The van der Waals surface area contributed by atoms with Crippen LogP contribution < -0.4 is 15.4 Å². The molecule has 0 radical (unpaired) electrons. The first-order valence-electron chi connectivity index (χ1n) is 6.97. The summed E-state index contributed by atoms with van der Waals surface area (Å²) in [6.07, 6.45) is 0. The Hall–Kier alpha value is -3.00. The first-order valence-corrected chi connectivity index (χ1v) is 7.78. The lowest BCUT2D eigenvalue weighted by Gasteiger charge is -2.05. The lowest BCUT2D eigenvalue weighted by atomic mass is 10.2. The smallest absolute Gasteiger partial charge is 0.325 e. The standard InChI is InChI=1S/C16H13FN4O2S/c1-23-13-9-5-2-6-10(13)14-20-21-16(24-14)19-15(22)18-12-8-4-3-7-11(12)17/h2-9H,1H3,(H2,18,19,21,22). The zero-order valence-electron chi connectivity index (χ0n) is 12.6. The highest BCUT2D eigenvalue weighted by Gasteiger charge is 2.13. The molecule has 0 fully saturated rings. The number of hydrogen-bond acceptors (Lipinski definition) is 5. The number of amides is 2. The van der Waals surface area contributed by atoms with Gasteiger partial charge in [0, 0.05) is 0 Å². The number of nitrogens with one attached hydrogen (secondary N) is 2. The molecule has 2 aromatic carbocycles. The van der Waals surface area contributed by atoms with E-state index in [0.717, 1.165) is 5.56 Å². The highest BCUT2D eigenvalue weighted by atomic mass is 32.1. The largest absolute Gasteiger partial charge is 0.496 e. The number of hydrogen-bond donors (Lipinski definition) is 2. The topological polar surface area (TPSA) is 76.1 Å². The number of rotatable bonds is 4. The normalized spacial score (nSPS) is 10.2. The van der Waals surface area contributed by atoms with Crippen LogP contribution in [0.5, 0.6) is 5.75 Å². The maximum absolute atomic E-state index is 13.5. The second-order valence-electron chi connectivity index (χ2n) is 4.67. The number of nitrogens with zero attached hydrogens (tertiary/aromatic N) is 2. The summed E-state index contributed by atoms with van der Waals surface area (Å²) in [5.74, 6) is 0.149. The van der Waals surface area contributed by atoms with Crippen LogP contribution in [-0.4, -0.2) is 23.3 Å². The van der Waals surface area contributed by atoms with E-state index in [1.807, 2.05) is 24.3 Å². The highest BCUT2D eigenvalue weighted by Crippen LogP contribution is 2.33. The number of ether oxygens (including phenoxy) is 1. The molecule has 24 heavy (non-hydrogen) atoms. The molecule has 0 saturated carbocycles. The molecule has 122 valence electrons. The van der Waals surface area contributed by atoms with Crippen molar-refractivity contribution in [2.24, 2.45) is 0 Å². The van der Waals surface area contributed by atoms with E-state index in [2.05, 4.69) is 20.8 Å². The lowest BCUT2D eigenvalue weighted by Crippen LogP contribution is -2.19. The van der Waals surface area contributed by atoms with Crippen molar-refractivity contribution in [3.05, 3.63) is 54.3 Å². The summed E-state index contributed by atoms with van der Waals surface area (Å²) >= 11 is 1.19. The SMILES string of the molecule is COc1ccccc1-c1nnc(NC(=O)Nc2ccccc2F)s1. The number of methoxy groups -OCH3 is 1. The first kappa shape index (κ1) is 15.9. The average molecular weight is 344 g/mol. The second kappa shape index (κ2) is 7.05. The summed E-state index contributed by atoms with van der Waals surface area (Å²) in [4.78, 5) is 11.9. The van der Waals surface area contributed by atoms with Crippen LogP contribution in [0.25, 0.3) is 10.6 Å². The quantitative estimate of drug-likeness (QED) is 0.750. The molecular formula is C16H13FN4O2S. The Morgan fingerprint density at radius 1 is 1.08 bits per heavy atom. The summed E-state index contributed by atoms with van der Waals surface area (Å²) in [7, 11) is 1.57. The van der Waals surface area contributed by atoms with Gasteiger partial charge in [-0.25, -0.2) is 9.18 Å². The van der Waals surface area contributed by atoms with E-state index in [-0.39, 0.29) is 5.69 Å². The van der Waals surface area contributed by atoms with Gasteiger partial charge in [0.05, 0.1) is 18.4 Å². The van der Waals surface area contributed by atoms with E-state index in [1.165, 1.54) is 23.5 Å². The summed E-state index contributed by atoms with van der Waals surface area (Å²) in [6, 6.07) is 12.7. The van der Waals surface area contributed by atoms with E-state index >= 15 is 0 Å². The van der Waals surface area contributed by atoms with E-state index < -0.39 is 11.8 Å². The Morgan fingerprint density at radius 2 is 1.83 bits per heavy atom. The molecule has 6 nitrogen and oxygen atoms in total. The van der Waals surface area contributed by atoms with Gasteiger partial charge in [-0.15, -0.1) is 10.2 Å². The molecule has 0 atom stereocenters. The summed E-state index contributed by atoms with van der Waals surface area (Å²) in [6.45, 7) is 0. The van der Waals surface area contributed by atoms with Crippen LogP contribution >= 0.6 is 11.3 Å². The zero-order chi connectivity index (χ0) is 16.9. The van der Waals surface area contributed by atoms with Gasteiger partial charge in [-0.3, -0.25) is 5.32 Å². The Balaban J connectivity index is 1.72. The number of para-hydroxylation sites is 2. The first-order chi connectivity index (χ1) is 11.7. The predicted octanol–water partition coefficient (Wildman–Crippen LogP) is 4.00. The van der Waals surface area contributed by atoms with Crippen LogP contribution in [0.1, 0.15) is 0 Å². The number of aromatic nitrogens is 2. The van der Waals surface area contributed by atoms with Crippen LogP contribution in [0.4, 0.5) is 20.0 Å². The fraction of sp³-hybridized carbons (Fsp3) is 0.0625. The minimum absolute atomic E-state index is 0.0875. The van der Waals surface area contributed by atoms with Gasteiger partial charge in [0.25, 0.3) is 0 Å². The minimum atomic E-state index is -0.595. The predicted molar refractivity (Wildman–Crippen MR) is 90.9 cm³/mol. The summed E-state index contributed by atoms with van der Waals surface area (Å²) in [5.41, 5.74) is 0.865. The monoisotopic (exact) mass is 344 g/mol. The van der Waals surface area contributed by atoms with Gasteiger partial charge in [-0.05, 0) is 24.3 Å². The van der Waals surface area contributed by atoms with Crippen LogP contribution in [0, 0.1) is 5.82 Å². The van der Waals surface area contributed by atoms with Crippen LogP contribution in [0.2, 0.25) is 0 Å². The van der Waals surface area contributed by atoms with Crippen molar-refractivity contribution in [3.8, 4) is 16.3 Å².